The smallest absolute Gasteiger partial charge is 0.545 e. The van der Waals surface area contributed by atoms with E-state index in [0.29, 0.717) is 24.3 Å². The van der Waals surface area contributed by atoms with Crippen LogP contribution in [0.3, 0.4) is 0 Å². The Morgan fingerprint density at radius 2 is 1.93 bits per heavy atom. The fourth-order valence-electron chi connectivity index (χ4n) is 3.10. The number of nitrogens with one attached hydrogen (secondary N) is 1. The Bertz CT molecular complexity index is 1030. The summed E-state index contributed by atoms with van der Waals surface area (Å²) in [6.07, 6.45) is 4.16. The van der Waals surface area contributed by atoms with Gasteiger partial charge < -0.3 is 29.1 Å². The molecule has 0 spiro atoms. The molecular weight excluding hydrogens is 383 g/mol. The van der Waals surface area contributed by atoms with Crippen LogP contribution in [0, 0.1) is 0 Å². The zero-order valence-electron chi connectivity index (χ0n) is 16.9. The van der Waals surface area contributed by atoms with E-state index in [4.69, 9.17) is 14.2 Å². The van der Waals surface area contributed by atoms with Gasteiger partial charge in [0.05, 0.1) is 32.9 Å². The number of ether oxygens (including phenoxy) is 3. The minimum absolute atomic E-state index is 0. The van der Waals surface area contributed by atoms with Crippen molar-refractivity contribution in [2.45, 2.75) is 6.42 Å². The number of carboxylic acids is 1. The van der Waals surface area contributed by atoms with Gasteiger partial charge in [0, 0.05) is 35.4 Å². The van der Waals surface area contributed by atoms with Crippen LogP contribution in [-0.2, 0) is 6.42 Å². The van der Waals surface area contributed by atoms with Crippen molar-refractivity contribution in [3.8, 4) is 17.2 Å². The van der Waals surface area contributed by atoms with Crippen LogP contribution in [-0.4, -0.2) is 45.0 Å². The van der Waals surface area contributed by atoms with Crippen LogP contribution in [0.4, 0.5) is 0 Å². The maximum absolute atomic E-state index is 11.6. The van der Waals surface area contributed by atoms with Crippen molar-refractivity contribution < 1.29 is 53.7 Å². The molecule has 146 valence electrons. The zero-order valence-corrected chi connectivity index (χ0v) is 18.9. The van der Waals surface area contributed by atoms with E-state index in [-0.39, 0.29) is 40.9 Å². The number of fused-ring (bicyclic) bond motifs is 1. The molecule has 0 saturated heterocycles. The van der Waals surface area contributed by atoms with Gasteiger partial charge in [0.1, 0.15) is 5.75 Å². The number of aromatic amines is 1. The first-order valence-corrected chi connectivity index (χ1v) is 8.69. The van der Waals surface area contributed by atoms with Crippen LogP contribution in [0.2, 0.25) is 0 Å². The summed E-state index contributed by atoms with van der Waals surface area (Å²) < 4.78 is 15.6. The second-order valence-electron chi connectivity index (χ2n) is 6.06. The number of carbonyl (C=O) groups excluding carboxylic acids is 1. The normalized spacial score (nSPS) is 10.7. The number of rotatable bonds is 8. The van der Waals surface area contributed by atoms with Gasteiger partial charge in [-0.25, -0.2) is 0 Å². The van der Waals surface area contributed by atoms with Crippen LogP contribution in [0.25, 0.3) is 10.9 Å². The SMILES string of the molecule is COc1ccc2[nH]cc(CCN=Cc3ccc(OC)c(OC)c3C(=O)[O-])c2c1.[Na+]. The molecule has 0 fully saturated rings. The molecule has 29 heavy (non-hydrogen) atoms. The minimum Gasteiger partial charge on any atom is -0.545 e. The number of carbonyl (C=O) groups is 1. The Morgan fingerprint density at radius 1 is 1.14 bits per heavy atom. The number of aromatic nitrogens is 1. The second kappa shape index (κ2) is 10.3. The molecule has 1 N–H and O–H groups in total. The Hall–Kier alpha value is -2.48. The summed E-state index contributed by atoms with van der Waals surface area (Å²) in [5.74, 6) is -0.108. The topological polar surface area (TPSA) is 96.0 Å². The van der Waals surface area contributed by atoms with Gasteiger partial charge in [0.25, 0.3) is 0 Å². The first-order chi connectivity index (χ1) is 13.6. The summed E-state index contributed by atoms with van der Waals surface area (Å²) >= 11 is 0. The van der Waals surface area contributed by atoms with Gasteiger partial charge >= 0.3 is 29.6 Å². The summed E-state index contributed by atoms with van der Waals surface area (Å²) in [5.41, 5.74) is 2.46. The Balaban J connectivity index is 0.00000300. The number of hydrogen-bond donors (Lipinski definition) is 1. The van der Waals surface area contributed by atoms with Crippen molar-refractivity contribution in [2.75, 3.05) is 27.9 Å². The molecule has 0 aliphatic rings. The molecule has 0 amide bonds. The van der Waals surface area contributed by atoms with E-state index >= 15 is 0 Å². The maximum Gasteiger partial charge on any atom is 1.00 e. The molecule has 0 radical (unpaired) electrons. The van der Waals surface area contributed by atoms with Gasteiger partial charge in [-0.3, -0.25) is 4.99 Å². The third-order valence-corrected chi connectivity index (χ3v) is 4.50. The monoisotopic (exact) mass is 404 g/mol. The van der Waals surface area contributed by atoms with Crippen molar-refractivity contribution in [3.05, 3.63) is 53.2 Å². The third kappa shape index (κ3) is 4.93. The molecular formula is C21H21N2NaO5. The van der Waals surface area contributed by atoms with Gasteiger partial charge in [-0.1, -0.05) is 0 Å². The number of methoxy groups -OCH3 is 3. The average molecular weight is 404 g/mol. The van der Waals surface area contributed by atoms with Crippen LogP contribution in [0.15, 0.2) is 41.5 Å². The Labute approximate surface area is 191 Å². The summed E-state index contributed by atoms with van der Waals surface area (Å²) in [5, 5.41) is 12.7. The minimum atomic E-state index is -1.35. The molecule has 3 rings (SSSR count). The van der Waals surface area contributed by atoms with E-state index in [0.717, 1.165) is 22.2 Å². The van der Waals surface area contributed by atoms with E-state index in [2.05, 4.69) is 9.98 Å². The molecule has 1 aromatic heterocycles. The van der Waals surface area contributed by atoms with Gasteiger partial charge in [0.2, 0.25) is 0 Å². The standard InChI is InChI=1S/C21H22N2O5.Na/c1-26-15-5-6-17-16(10-15)13(12-23-17)8-9-22-11-14-4-7-18(27-2)20(28-3)19(14)21(24)25;/h4-7,10-12,23H,8-9H2,1-3H3,(H,24,25);/q;+1/p-1. The van der Waals surface area contributed by atoms with E-state index < -0.39 is 5.97 Å². The summed E-state index contributed by atoms with van der Waals surface area (Å²) in [7, 11) is 4.47. The predicted molar refractivity (Wildman–Crippen MR) is 105 cm³/mol. The molecule has 0 bridgehead atoms. The number of aromatic carboxylic acids is 1. The first-order valence-electron chi connectivity index (χ1n) is 8.69. The number of benzene rings is 2. The molecule has 3 aromatic rings. The zero-order chi connectivity index (χ0) is 20.1. The van der Waals surface area contributed by atoms with Gasteiger partial charge in [0.15, 0.2) is 11.5 Å². The van der Waals surface area contributed by atoms with Crippen LogP contribution < -0.4 is 48.9 Å². The molecule has 0 aliphatic heterocycles. The third-order valence-electron chi connectivity index (χ3n) is 4.50. The van der Waals surface area contributed by atoms with Crippen molar-refractivity contribution in [1.29, 1.82) is 0 Å². The summed E-state index contributed by atoms with van der Waals surface area (Å²) in [6.45, 7) is 0.491. The molecule has 0 unspecified atom stereocenters. The van der Waals surface area contributed by atoms with Crippen molar-refractivity contribution in [2.24, 2.45) is 4.99 Å². The molecule has 0 atom stereocenters. The number of hydrogen-bond acceptors (Lipinski definition) is 6. The van der Waals surface area contributed by atoms with E-state index in [1.807, 2.05) is 24.4 Å². The van der Waals surface area contributed by atoms with Crippen LogP contribution in [0.1, 0.15) is 21.5 Å². The average Bonchev–Trinajstić information content (AvgIpc) is 3.12. The number of carboxylic acid groups (broad SMARTS) is 1. The number of H-pyrrole nitrogens is 1. The summed E-state index contributed by atoms with van der Waals surface area (Å²) in [4.78, 5) is 19.2. The Kier molecular flexibility index (Phi) is 8.13. The maximum atomic E-state index is 11.6. The van der Waals surface area contributed by atoms with Gasteiger partial charge in [-0.05, 0) is 42.3 Å². The molecule has 1 heterocycles. The van der Waals surface area contributed by atoms with Gasteiger partial charge in [-0.2, -0.15) is 0 Å². The quantitative estimate of drug-likeness (QED) is 0.393. The largest absolute Gasteiger partial charge is 1.00 e. The van der Waals surface area contributed by atoms with Crippen molar-refractivity contribution >= 4 is 23.1 Å². The molecule has 8 heteroatoms. The molecule has 7 nitrogen and oxygen atoms in total. The fraction of sp³-hybridized carbons (Fsp3) is 0.238. The fourth-order valence-corrected chi connectivity index (χ4v) is 3.10. The predicted octanol–water partition coefficient (Wildman–Crippen LogP) is -0.777. The van der Waals surface area contributed by atoms with Crippen molar-refractivity contribution in [3.63, 3.8) is 0 Å². The van der Waals surface area contributed by atoms with E-state index in [1.165, 1.54) is 20.4 Å². The number of aliphatic imine (C=N–C) groups is 1. The van der Waals surface area contributed by atoms with E-state index in [9.17, 15) is 9.90 Å². The van der Waals surface area contributed by atoms with Gasteiger partial charge in [-0.15, -0.1) is 0 Å². The van der Waals surface area contributed by atoms with Crippen molar-refractivity contribution in [1.82, 2.24) is 4.98 Å². The number of nitrogens with zero attached hydrogens (tertiary/aromatic N) is 1. The van der Waals surface area contributed by atoms with Crippen LogP contribution >= 0.6 is 0 Å². The molecule has 0 aliphatic carbocycles. The van der Waals surface area contributed by atoms with E-state index in [1.54, 1.807) is 19.2 Å². The molecule has 2 aromatic carbocycles. The first kappa shape index (κ1) is 22.8. The Morgan fingerprint density at radius 3 is 2.59 bits per heavy atom. The summed E-state index contributed by atoms with van der Waals surface area (Å²) in [6, 6.07) is 9.11. The van der Waals surface area contributed by atoms with Crippen LogP contribution in [0.5, 0.6) is 17.2 Å². The second-order valence-corrected chi connectivity index (χ2v) is 6.06. The molecule has 0 saturated carbocycles.